The van der Waals surface area contributed by atoms with Crippen LogP contribution in [0.1, 0.15) is 12.8 Å². The Morgan fingerprint density at radius 2 is 1.70 bits per heavy atom. The van der Waals surface area contributed by atoms with Crippen LogP contribution < -0.4 is 4.90 Å². The van der Waals surface area contributed by atoms with Gasteiger partial charge in [0, 0.05) is 51.5 Å². The van der Waals surface area contributed by atoms with E-state index in [-0.39, 0.29) is 5.92 Å². The van der Waals surface area contributed by atoms with Crippen molar-refractivity contribution in [3.63, 3.8) is 0 Å². The zero-order valence-corrected chi connectivity index (χ0v) is 13.7. The fourth-order valence-corrected chi connectivity index (χ4v) is 3.61. The number of benzene rings is 1. The van der Waals surface area contributed by atoms with Crippen LogP contribution in [0.4, 0.5) is 5.69 Å². The number of hydrogen-bond acceptors (Lipinski definition) is 4. The molecule has 1 atom stereocenters. The molecule has 0 aromatic heterocycles. The van der Waals surface area contributed by atoms with E-state index in [1.54, 1.807) is 0 Å². The lowest BCUT2D eigenvalue weighted by Gasteiger charge is -2.38. The predicted octanol–water partition coefficient (Wildman–Crippen LogP) is 1.61. The molecule has 2 heterocycles. The number of likely N-dealkylation sites (tertiary alicyclic amines) is 1. The molecule has 0 saturated carbocycles. The second-order valence-corrected chi connectivity index (χ2v) is 6.64. The van der Waals surface area contributed by atoms with Crippen molar-refractivity contribution in [3.8, 4) is 0 Å². The van der Waals surface area contributed by atoms with Gasteiger partial charge in [0.1, 0.15) is 0 Å². The van der Waals surface area contributed by atoms with Crippen LogP contribution in [-0.4, -0.2) is 73.2 Å². The maximum Gasteiger partial charge on any atom is 0.307 e. The third-order valence-electron chi connectivity index (χ3n) is 5.08. The van der Waals surface area contributed by atoms with Gasteiger partial charge in [0.05, 0.1) is 5.92 Å². The molecule has 5 heteroatoms. The summed E-state index contributed by atoms with van der Waals surface area (Å²) in [6, 6.07) is 10.6. The quantitative estimate of drug-likeness (QED) is 0.894. The Labute approximate surface area is 138 Å². The molecule has 23 heavy (non-hydrogen) atoms. The highest BCUT2D eigenvalue weighted by Crippen LogP contribution is 2.17. The van der Waals surface area contributed by atoms with Crippen molar-refractivity contribution in [1.29, 1.82) is 0 Å². The number of rotatable bonds is 5. The minimum Gasteiger partial charge on any atom is -0.481 e. The van der Waals surface area contributed by atoms with Crippen molar-refractivity contribution in [1.82, 2.24) is 9.80 Å². The van der Waals surface area contributed by atoms with Gasteiger partial charge in [-0.2, -0.15) is 0 Å². The first-order valence-electron chi connectivity index (χ1n) is 8.70. The number of anilines is 1. The summed E-state index contributed by atoms with van der Waals surface area (Å²) in [6.45, 7) is 8.14. The average Bonchev–Trinajstić information content (AvgIpc) is 2.61. The van der Waals surface area contributed by atoms with Crippen molar-refractivity contribution in [3.05, 3.63) is 30.3 Å². The van der Waals surface area contributed by atoms with Crippen molar-refractivity contribution in [2.24, 2.45) is 5.92 Å². The number of piperazine rings is 1. The molecular formula is C18H27N3O2. The Bertz CT molecular complexity index is 500. The van der Waals surface area contributed by atoms with E-state index < -0.39 is 5.97 Å². The molecule has 0 bridgehead atoms. The van der Waals surface area contributed by atoms with Crippen LogP contribution in [0.5, 0.6) is 0 Å². The van der Waals surface area contributed by atoms with E-state index >= 15 is 0 Å². The van der Waals surface area contributed by atoms with Crippen LogP contribution in [0.3, 0.4) is 0 Å². The Kier molecular flexibility index (Phi) is 5.51. The highest BCUT2D eigenvalue weighted by Gasteiger charge is 2.25. The monoisotopic (exact) mass is 317 g/mol. The molecule has 1 aromatic carbocycles. The molecule has 2 saturated heterocycles. The van der Waals surface area contributed by atoms with Crippen molar-refractivity contribution in [2.45, 2.75) is 12.8 Å². The normalized spacial score (nSPS) is 23.8. The molecule has 1 N–H and O–H groups in total. The molecule has 5 nitrogen and oxygen atoms in total. The topological polar surface area (TPSA) is 47.0 Å². The summed E-state index contributed by atoms with van der Waals surface area (Å²) in [4.78, 5) is 18.4. The number of carboxylic acid groups (broad SMARTS) is 1. The molecular weight excluding hydrogens is 290 g/mol. The van der Waals surface area contributed by atoms with Gasteiger partial charge in [0.15, 0.2) is 0 Å². The lowest BCUT2D eigenvalue weighted by Crippen LogP contribution is -2.49. The van der Waals surface area contributed by atoms with Gasteiger partial charge in [-0.1, -0.05) is 18.2 Å². The summed E-state index contributed by atoms with van der Waals surface area (Å²) in [5.41, 5.74) is 1.31. The fraction of sp³-hybridized carbons (Fsp3) is 0.611. The Morgan fingerprint density at radius 3 is 2.39 bits per heavy atom. The minimum absolute atomic E-state index is 0.168. The fourth-order valence-electron chi connectivity index (χ4n) is 3.61. The Balaban J connectivity index is 1.40. The van der Waals surface area contributed by atoms with E-state index in [1.165, 1.54) is 5.69 Å². The number of carboxylic acids is 1. The van der Waals surface area contributed by atoms with Crippen LogP contribution >= 0.6 is 0 Å². The second-order valence-electron chi connectivity index (χ2n) is 6.64. The van der Waals surface area contributed by atoms with Crippen molar-refractivity contribution >= 4 is 11.7 Å². The standard InChI is InChI=1S/C18H27N3O2/c22-18(23)16-5-4-8-20(15-16)10-9-19-11-13-21(14-12-19)17-6-2-1-3-7-17/h1-3,6-7,16H,4-5,8-15H2,(H,22,23). The molecule has 1 aromatic rings. The van der Waals surface area contributed by atoms with Crippen molar-refractivity contribution in [2.75, 3.05) is 57.3 Å². The van der Waals surface area contributed by atoms with E-state index in [0.717, 1.165) is 65.2 Å². The number of aliphatic carboxylic acids is 1. The van der Waals surface area contributed by atoms with Gasteiger partial charge in [0.25, 0.3) is 0 Å². The van der Waals surface area contributed by atoms with Gasteiger partial charge in [0.2, 0.25) is 0 Å². The molecule has 0 radical (unpaired) electrons. The number of nitrogens with zero attached hydrogens (tertiary/aromatic N) is 3. The van der Waals surface area contributed by atoms with Gasteiger partial charge in [-0.05, 0) is 31.5 Å². The zero-order chi connectivity index (χ0) is 16.1. The molecule has 1 unspecified atom stereocenters. The molecule has 2 aliphatic heterocycles. The number of para-hydroxylation sites is 1. The summed E-state index contributed by atoms with van der Waals surface area (Å²) < 4.78 is 0. The maximum absolute atomic E-state index is 11.1. The van der Waals surface area contributed by atoms with Crippen molar-refractivity contribution < 1.29 is 9.90 Å². The van der Waals surface area contributed by atoms with E-state index in [0.29, 0.717) is 0 Å². The lowest BCUT2D eigenvalue weighted by molar-refractivity contribution is -0.143. The predicted molar refractivity (Wildman–Crippen MR) is 91.9 cm³/mol. The first-order valence-corrected chi connectivity index (χ1v) is 8.70. The Hall–Kier alpha value is -1.59. The molecule has 126 valence electrons. The van der Waals surface area contributed by atoms with Crippen LogP contribution in [0.25, 0.3) is 0 Å². The van der Waals surface area contributed by atoms with Gasteiger partial charge in [-0.3, -0.25) is 9.69 Å². The largest absolute Gasteiger partial charge is 0.481 e. The summed E-state index contributed by atoms with van der Waals surface area (Å²) in [5, 5.41) is 9.17. The minimum atomic E-state index is -0.633. The highest BCUT2D eigenvalue weighted by atomic mass is 16.4. The second kappa shape index (κ2) is 7.79. The Morgan fingerprint density at radius 1 is 1.00 bits per heavy atom. The molecule has 0 spiro atoms. The molecule has 2 fully saturated rings. The molecule has 0 aliphatic carbocycles. The first-order chi connectivity index (χ1) is 11.2. The van der Waals surface area contributed by atoms with E-state index in [1.807, 2.05) is 0 Å². The van der Waals surface area contributed by atoms with Gasteiger partial charge in [-0.15, -0.1) is 0 Å². The number of hydrogen-bond donors (Lipinski definition) is 1. The van der Waals surface area contributed by atoms with Crippen LogP contribution in [0.2, 0.25) is 0 Å². The van der Waals surface area contributed by atoms with Crippen LogP contribution in [-0.2, 0) is 4.79 Å². The van der Waals surface area contributed by atoms with Gasteiger partial charge < -0.3 is 14.9 Å². The molecule has 3 rings (SSSR count). The molecule has 2 aliphatic rings. The third-order valence-corrected chi connectivity index (χ3v) is 5.08. The summed E-state index contributed by atoms with van der Waals surface area (Å²) >= 11 is 0. The maximum atomic E-state index is 11.1. The smallest absolute Gasteiger partial charge is 0.307 e. The van der Waals surface area contributed by atoms with E-state index in [4.69, 9.17) is 5.11 Å². The van der Waals surface area contributed by atoms with Crippen LogP contribution in [0.15, 0.2) is 30.3 Å². The highest BCUT2D eigenvalue weighted by molar-refractivity contribution is 5.70. The zero-order valence-electron chi connectivity index (χ0n) is 13.7. The van der Waals surface area contributed by atoms with Gasteiger partial charge in [-0.25, -0.2) is 0 Å². The number of piperidine rings is 1. The first kappa shape index (κ1) is 16.3. The van der Waals surface area contributed by atoms with E-state index in [9.17, 15) is 4.79 Å². The van der Waals surface area contributed by atoms with E-state index in [2.05, 4.69) is 45.0 Å². The van der Waals surface area contributed by atoms with Gasteiger partial charge >= 0.3 is 5.97 Å². The average molecular weight is 317 g/mol. The summed E-state index contributed by atoms with van der Waals surface area (Å²) in [6.07, 6.45) is 1.85. The SMILES string of the molecule is O=C(O)C1CCCN(CCN2CCN(c3ccccc3)CC2)C1. The molecule has 0 amide bonds. The summed E-state index contributed by atoms with van der Waals surface area (Å²) in [5.74, 6) is -0.801. The summed E-state index contributed by atoms with van der Waals surface area (Å²) in [7, 11) is 0. The number of carbonyl (C=O) groups is 1. The van der Waals surface area contributed by atoms with Crippen LogP contribution in [0, 0.1) is 5.92 Å². The third kappa shape index (κ3) is 4.45. The lowest BCUT2D eigenvalue weighted by atomic mass is 9.98.